The fourth-order valence-corrected chi connectivity index (χ4v) is 4.38. The minimum absolute atomic E-state index is 0.0132. The van der Waals surface area contributed by atoms with Gasteiger partial charge in [0.15, 0.2) is 5.69 Å². The third kappa shape index (κ3) is 4.67. The van der Waals surface area contributed by atoms with E-state index in [0.717, 1.165) is 33.7 Å². The number of carbonyl (C=O) groups is 2. The van der Waals surface area contributed by atoms with Gasteiger partial charge in [-0.1, -0.05) is 29.8 Å². The summed E-state index contributed by atoms with van der Waals surface area (Å²) in [5, 5.41) is 8.08. The SMILES string of the molecule is CCOC(=O)c1nn(-c2ccc(C)cc2)c(=O)c2c(NC(=O)c3ccccc3C(F)(F)F)scc12. The predicted octanol–water partition coefficient (Wildman–Crippen LogP) is 5.20. The maximum atomic E-state index is 13.4. The predicted molar refractivity (Wildman–Crippen MR) is 125 cm³/mol. The average Bonchev–Trinajstić information content (AvgIpc) is 3.23. The zero-order valence-electron chi connectivity index (χ0n) is 18.5. The van der Waals surface area contributed by atoms with Gasteiger partial charge < -0.3 is 10.1 Å². The number of aryl methyl sites for hydroxylation is 1. The van der Waals surface area contributed by atoms with Crippen LogP contribution in [0.1, 0.15) is 38.9 Å². The van der Waals surface area contributed by atoms with Crippen LogP contribution in [0.25, 0.3) is 16.5 Å². The standard InChI is InChI=1S/C24H18F3N3O4S/c1-3-34-23(33)19-16-12-35-21(28-20(31)15-6-4-5-7-17(15)24(25,26)27)18(16)22(32)30(29-19)14-10-8-13(2)9-11-14/h4-12H,3H2,1-2H3,(H,28,31). The lowest BCUT2D eigenvalue weighted by atomic mass is 10.1. The molecule has 2 aromatic carbocycles. The molecule has 4 aromatic rings. The van der Waals surface area contributed by atoms with E-state index >= 15 is 0 Å². The third-order valence-electron chi connectivity index (χ3n) is 5.10. The van der Waals surface area contributed by atoms with Crippen molar-refractivity contribution in [3.05, 3.63) is 86.6 Å². The number of benzene rings is 2. The van der Waals surface area contributed by atoms with E-state index in [9.17, 15) is 27.6 Å². The molecule has 180 valence electrons. The molecule has 0 bridgehead atoms. The number of thiophene rings is 1. The van der Waals surface area contributed by atoms with Crippen LogP contribution in [0.5, 0.6) is 0 Å². The molecule has 0 aliphatic heterocycles. The van der Waals surface area contributed by atoms with Crippen LogP contribution in [-0.2, 0) is 10.9 Å². The highest BCUT2D eigenvalue weighted by Gasteiger charge is 2.35. The summed E-state index contributed by atoms with van der Waals surface area (Å²) in [7, 11) is 0. The summed E-state index contributed by atoms with van der Waals surface area (Å²) in [5.41, 5.74) is -1.23. The van der Waals surface area contributed by atoms with Crippen molar-refractivity contribution in [3.8, 4) is 5.69 Å². The first-order chi connectivity index (χ1) is 16.6. The summed E-state index contributed by atoms with van der Waals surface area (Å²) in [6.45, 7) is 3.54. The number of hydrogen-bond donors (Lipinski definition) is 1. The lowest BCUT2D eigenvalue weighted by Gasteiger charge is -2.13. The summed E-state index contributed by atoms with van der Waals surface area (Å²) in [6, 6.07) is 11.1. The topological polar surface area (TPSA) is 90.3 Å². The van der Waals surface area contributed by atoms with Crippen LogP contribution in [0.15, 0.2) is 58.7 Å². The van der Waals surface area contributed by atoms with Gasteiger partial charge in [0.2, 0.25) is 0 Å². The highest BCUT2D eigenvalue weighted by atomic mass is 32.1. The van der Waals surface area contributed by atoms with Crippen LogP contribution in [0.4, 0.5) is 18.2 Å². The van der Waals surface area contributed by atoms with E-state index in [-0.39, 0.29) is 28.1 Å². The van der Waals surface area contributed by atoms with E-state index in [1.165, 1.54) is 17.5 Å². The van der Waals surface area contributed by atoms with Crippen molar-refractivity contribution < 1.29 is 27.5 Å². The lowest BCUT2D eigenvalue weighted by molar-refractivity contribution is -0.137. The van der Waals surface area contributed by atoms with Crippen LogP contribution < -0.4 is 10.9 Å². The van der Waals surface area contributed by atoms with Crippen LogP contribution in [0, 0.1) is 6.92 Å². The number of hydrogen-bond acceptors (Lipinski definition) is 6. The largest absolute Gasteiger partial charge is 0.461 e. The van der Waals surface area contributed by atoms with Crippen molar-refractivity contribution in [2.45, 2.75) is 20.0 Å². The Morgan fingerprint density at radius 1 is 1.11 bits per heavy atom. The highest BCUT2D eigenvalue weighted by molar-refractivity contribution is 7.16. The molecule has 0 fully saturated rings. The molecule has 7 nitrogen and oxygen atoms in total. The minimum Gasteiger partial charge on any atom is -0.461 e. The molecular weight excluding hydrogens is 483 g/mol. The molecule has 0 saturated heterocycles. The average molecular weight is 501 g/mol. The number of nitrogens with one attached hydrogen (secondary N) is 1. The van der Waals surface area contributed by atoms with E-state index in [2.05, 4.69) is 10.4 Å². The number of esters is 1. The second-order valence-corrected chi connectivity index (χ2v) is 8.35. The summed E-state index contributed by atoms with van der Waals surface area (Å²) >= 11 is 0.895. The molecular formula is C24H18F3N3O4S. The highest BCUT2D eigenvalue weighted by Crippen LogP contribution is 2.34. The molecule has 0 unspecified atom stereocenters. The summed E-state index contributed by atoms with van der Waals surface area (Å²) < 4.78 is 46.3. The van der Waals surface area contributed by atoms with E-state index in [1.807, 2.05) is 6.92 Å². The number of fused-ring (bicyclic) bond motifs is 1. The number of alkyl halides is 3. The minimum atomic E-state index is -4.75. The van der Waals surface area contributed by atoms with E-state index < -0.39 is 34.7 Å². The van der Waals surface area contributed by atoms with Gasteiger partial charge in [-0.15, -0.1) is 11.3 Å². The Bertz CT molecular complexity index is 1490. The molecule has 1 N–H and O–H groups in total. The molecule has 0 spiro atoms. The Morgan fingerprint density at radius 3 is 2.46 bits per heavy atom. The monoisotopic (exact) mass is 501 g/mol. The maximum Gasteiger partial charge on any atom is 0.417 e. The molecule has 0 atom stereocenters. The number of carbonyl (C=O) groups excluding carboxylic acids is 2. The van der Waals surface area contributed by atoms with Gasteiger partial charge in [0, 0.05) is 10.8 Å². The van der Waals surface area contributed by atoms with Gasteiger partial charge in [-0.3, -0.25) is 9.59 Å². The first-order valence-corrected chi connectivity index (χ1v) is 11.3. The molecule has 11 heteroatoms. The number of nitrogens with zero attached hydrogens (tertiary/aromatic N) is 2. The second kappa shape index (κ2) is 9.34. The number of amides is 1. The summed E-state index contributed by atoms with van der Waals surface area (Å²) in [5.74, 6) is -1.83. The molecule has 2 aromatic heterocycles. The van der Waals surface area contributed by atoms with Crippen molar-refractivity contribution in [2.75, 3.05) is 11.9 Å². The first-order valence-electron chi connectivity index (χ1n) is 10.4. The number of ether oxygens (including phenoxy) is 1. The molecule has 0 aliphatic carbocycles. The Labute approximate surface area is 200 Å². The molecule has 2 heterocycles. The van der Waals surface area contributed by atoms with E-state index in [0.29, 0.717) is 5.69 Å². The van der Waals surface area contributed by atoms with Gasteiger partial charge in [0.25, 0.3) is 11.5 Å². The van der Waals surface area contributed by atoms with Gasteiger partial charge in [0.05, 0.1) is 28.8 Å². The molecule has 1 amide bonds. The second-order valence-electron chi connectivity index (χ2n) is 7.47. The number of rotatable bonds is 5. The molecule has 4 rings (SSSR count). The van der Waals surface area contributed by atoms with Crippen molar-refractivity contribution in [3.63, 3.8) is 0 Å². The van der Waals surface area contributed by atoms with Crippen molar-refractivity contribution in [2.24, 2.45) is 0 Å². The van der Waals surface area contributed by atoms with Crippen LogP contribution in [0.2, 0.25) is 0 Å². The normalized spacial score (nSPS) is 11.5. The fraction of sp³-hybridized carbons (Fsp3) is 0.167. The quantitative estimate of drug-likeness (QED) is 0.380. The Balaban J connectivity index is 1.88. The number of halogens is 3. The maximum absolute atomic E-state index is 13.4. The van der Waals surface area contributed by atoms with Crippen molar-refractivity contribution >= 4 is 39.0 Å². The smallest absolute Gasteiger partial charge is 0.417 e. The van der Waals surface area contributed by atoms with Gasteiger partial charge >= 0.3 is 12.1 Å². The molecule has 0 saturated carbocycles. The first kappa shape index (κ1) is 24.1. The summed E-state index contributed by atoms with van der Waals surface area (Å²) in [4.78, 5) is 38.8. The van der Waals surface area contributed by atoms with E-state index in [1.54, 1.807) is 31.2 Å². The van der Waals surface area contributed by atoms with Crippen LogP contribution in [0.3, 0.4) is 0 Å². The Morgan fingerprint density at radius 2 is 1.80 bits per heavy atom. The Kier molecular flexibility index (Phi) is 6.44. The van der Waals surface area contributed by atoms with Crippen LogP contribution >= 0.6 is 11.3 Å². The molecule has 0 aliphatic rings. The summed E-state index contributed by atoms with van der Waals surface area (Å²) in [6.07, 6.45) is -4.75. The van der Waals surface area contributed by atoms with Crippen molar-refractivity contribution in [1.82, 2.24) is 9.78 Å². The third-order valence-corrected chi connectivity index (χ3v) is 6.00. The number of aromatic nitrogens is 2. The van der Waals surface area contributed by atoms with Crippen molar-refractivity contribution in [1.29, 1.82) is 0 Å². The molecule has 35 heavy (non-hydrogen) atoms. The Hall–Kier alpha value is -3.99. The van der Waals surface area contributed by atoms with Gasteiger partial charge in [-0.05, 0) is 38.1 Å². The van der Waals surface area contributed by atoms with Gasteiger partial charge in [0.1, 0.15) is 5.00 Å². The van der Waals surface area contributed by atoms with E-state index in [4.69, 9.17) is 4.74 Å². The lowest BCUT2D eigenvalue weighted by Crippen LogP contribution is -2.26. The van der Waals surface area contributed by atoms with Gasteiger partial charge in [-0.25, -0.2) is 4.79 Å². The number of anilines is 1. The molecule has 0 radical (unpaired) electrons. The zero-order valence-corrected chi connectivity index (χ0v) is 19.3. The fourth-order valence-electron chi connectivity index (χ4n) is 3.45. The van der Waals surface area contributed by atoms with Crippen LogP contribution in [-0.4, -0.2) is 28.3 Å². The zero-order chi connectivity index (χ0) is 25.3. The van der Waals surface area contributed by atoms with Gasteiger partial charge in [-0.2, -0.15) is 23.0 Å².